The lowest BCUT2D eigenvalue weighted by molar-refractivity contribution is 0.159. The van der Waals surface area contributed by atoms with E-state index in [2.05, 4.69) is 46.0 Å². The molecule has 1 aromatic carbocycles. The normalized spacial score (nSPS) is 19.8. The van der Waals surface area contributed by atoms with E-state index in [9.17, 15) is 5.11 Å². The second-order valence-electron chi connectivity index (χ2n) is 7.65. The van der Waals surface area contributed by atoms with Crippen LogP contribution in [0, 0.1) is 0 Å². The number of hydrogen-bond acceptors (Lipinski definition) is 2. The maximum atomic E-state index is 9.60. The molecule has 1 atom stereocenters. The van der Waals surface area contributed by atoms with Crippen LogP contribution >= 0.6 is 0 Å². The van der Waals surface area contributed by atoms with Crippen LogP contribution in [-0.2, 0) is 10.0 Å². The van der Waals surface area contributed by atoms with Gasteiger partial charge in [0.25, 0.3) is 0 Å². The summed E-state index contributed by atoms with van der Waals surface area (Å²) in [5.74, 6) is 0. The highest BCUT2D eigenvalue weighted by Crippen LogP contribution is 2.54. The standard InChI is InChI=1S/C17H28O2Si/c1-13(18)14-7-9-15(10-8-14)17(11-12-17)19-20(5,6)16(2,3)4/h7-10,13,18H,11-12H2,1-6H3. The van der Waals surface area contributed by atoms with Gasteiger partial charge in [-0.05, 0) is 49.0 Å². The zero-order valence-electron chi connectivity index (χ0n) is 13.7. The first-order valence-electron chi connectivity index (χ1n) is 7.56. The maximum absolute atomic E-state index is 9.60. The van der Waals surface area contributed by atoms with Crippen LogP contribution in [0.3, 0.4) is 0 Å². The molecule has 1 fully saturated rings. The molecule has 2 nitrogen and oxygen atoms in total. The Morgan fingerprint density at radius 1 is 1.15 bits per heavy atom. The summed E-state index contributed by atoms with van der Waals surface area (Å²) in [6.45, 7) is 13.3. The molecule has 0 aliphatic heterocycles. The third kappa shape index (κ3) is 3.00. The quantitative estimate of drug-likeness (QED) is 0.811. The number of rotatable bonds is 4. The highest BCUT2D eigenvalue weighted by molar-refractivity contribution is 6.74. The summed E-state index contributed by atoms with van der Waals surface area (Å²) in [6.07, 6.45) is 1.83. The predicted molar refractivity (Wildman–Crippen MR) is 86.3 cm³/mol. The topological polar surface area (TPSA) is 29.5 Å². The molecule has 2 rings (SSSR count). The Bertz CT molecular complexity index is 465. The first-order chi connectivity index (χ1) is 9.07. The minimum atomic E-state index is -1.75. The molecule has 0 amide bonds. The summed E-state index contributed by atoms with van der Waals surface area (Å²) < 4.78 is 6.66. The van der Waals surface area contributed by atoms with Crippen LogP contribution in [0.1, 0.15) is 57.8 Å². The molecular formula is C17H28O2Si. The molecule has 1 aliphatic rings. The SMILES string of the molecule is CC(O)c1ccc(C2(O[Si](C)(C)C(C)(C)C)CC2)cc1. The Morgan fingerprint density at radius 2 is 1.65 bits per heavy atom. The van der Waals surface area contributed by atoms with Gasteiger partial charge in [-0.1, -0.05) is 45.0 Å². The molecule has 112 valence electrons. The Labute approximate surface area is 124 Å². The number of aliphatic hydroxyl groups excluding tert-OH is 1. The van der Waals surface area contributed by atoms with Crippen LogP contribution in [-0.4, -0.2) is 13.4 Å². The minimum Gasteiger partial charge on any atom is -0.407 e. The molecule has 3 heteroatoms. The van der Waals surface area contributed by atoms with Crippen LogP contribution in [0.15, 0.2) is 24.3 Å². The van der Waals surface area contributed by atoms with E-state index in [0.29, 0.717) is 0 Å². The van der Waals surface area contributed by atoms with Crippen molar-refractivity contribution >= 4 is 8.32 Å². The van der Waals surface area contributed by atoms with Gasteiger partial charge in [0.05, 0.1) is 11.7 Å². The van der Waals surface area contributed by atoms with Gasteiger partial charge in [0.15, 0.2) is 8.32 Å². The van der Waals surface area contributed by atoms with Gasteiger partial charge in [-0.2, -0.15) is 0 Å². The summed E-state index contributed by atoms with van der Waals surface area (Å²) in [5, 5.41) is 9.84. The van der Waals surface area contributed by atoms with E-state index in [4.69, 9.17) is 4.43 Å². The Morgan fingerprint density at radius 3 is 2.00 bits per heavy atom. The minimum absolute atomic E-state index is 0.0553. The lowest BCUT2D eigenvalue weighted by Gasteiger charge is -2.39. The van der Waals surface area contributed by atoms with Gasteiger partial charge in [0, 0.05) is 0 Å². The van der Waals surface area contributed by atoms with Crippen molar-refractivity contribution in [1.29, 1.82) is 0 Å². The van der Waals surface area contributed by atoms with E-state index >= 15 is 0 Å². The smallest absolute Gasteiger partial charge is 0.193 e. The van der Waals surface area contributed by atoms with Crippen LogP contribution in [0.2, 0.25) is 18.1 Å². The van der Waals surface area contributed by atoms with E-state index in [1.807, 2.05) is 12.1 Å². The fraction of sp³-hybridized carbons (Fsp3) is 0.647. The zero-order chi connectivity index (χ0) is 15.2. The molecular weight excluding hydrogens is 264 g/mol. The van der Waals surface area contributed by atoms with E-state index in [-0.39, 0.29) is 10.6 Å². The predicted octanol–water partition coefficient (Wildman–Crippen LogP) is 4.75. The van der Waals surface area contributed by atoms with Crippen molar-refractivity contribution in [3.8, 4) is 0 Å². The summed E-state index contributed by atoms with van der Waals surface area (Å²) in [4.78, 5) is 0. The van der Waals surface area contributed by atoms with Crippen molar-refractivity contribution < 1.29 is 9.53 Å². The second-order valence-corrected chi connectivity index (χ2v) is 12.4. The second kappa shape index (κ2) is 4.97. The van der Waals surface area contributed by atoms with E-state index in [1.54, 1.807) is 6.92 Å². The Hall–Kier alpha value is -0.643. The van der Waals surface area contributed by atoms with Crippen molar-refractivity contribution in [2.24, 2.45) is 0 Å². The zero-order valence-corrected chi connectivity index (χ0v) is 14.7. The highest BCUT2D eigenvalue weighted by atomic mass is 28.4. The first kappa shape index (κ1) is 15.7. The fourth-order valence-electron chi connectivity index (χ4n) is 2.27. The van der Waals surface area contributed by atoms with Gasteiger partial charge in [-0.3, -0.25) is 0 Å². The lowest BCUT2D eigenvalue weighted by atomic mass is 10.0. The van der Waals surface area contributed by atoms with E-state index in [0.717, 1.165) is 18.4 Å². The summed E-state index contributed by atoms with van der Waals surface area (Å²) in [5.41, 5.74) is 2.18. The average molecular weight is 292 g/mol. The fourth-order valence-corrected chi connectivity index (χ4v) is 3.88. The van der Waals surface area contributed by atoms with Gasteiger partial charge in [-0.15, -0.1) is 0 Å². The van der Waals surface area contributed by atoms with E-state index < -0.39 is 14.4 Å². The Kier molecular flexibility index (Phi) is 3.91. The van der Waals surface area contributed by atoms with Crippen molar-refractivity contribution in [3.63, 3.8) is 0 Å². The van der Waals surface area contributed by atoms with Gasteiger partial charge < -0.3 is 9.53 Å². The van der Waals surface area contributed by atoms with Crippen molar-refractivity contribution in [3.05, 3.63) is 35.4 Å². The third-order valence-corrected chi connectivity index (χ3v) is 9.39. The van der Waals surface area contributed by atoms with Crippen molar-refractivity contribution in [2.45, 2.75) is 70.4 Å². The average Bonchev–Trinajstić information content (AvgIpc) is 3.08. The van der Waals surface area contributed by atoms with Gasteiger partial charge in [0.2, 0.25) is 0 Å². The van der Waals surface area contributed by atoms with Crippen molar-refractivity contribution in [2.75, 3.05) is 0 Å². The summed E-state index contributed by atoms with van der Waals surface area (Å²) in [7, 11) is -1.75. The molecule has 1 N–H and O–H groups in total. The molecule has 0 heterocycles. The molecule has 0 spiro atoms. The molecule has 20 heavy (non-hydrogen) atoms. The largest absolute Gasteiger partial charge is 0.407 e. The lowest BCUT2D eigenvalue weighted by Crippen LogP contribution is -2.44. The molecule has 1 aromatic rings. The monoisotopic (exact) mass is 292 g/mol. The molecule has 1 unspecified atom stereocenters. The van der Waals surface area contributed by atoms with Crippen LogP contribution in [0.4, 0.5) is 0 Å². The number of benzene rings is 1. The van der Waals surface area contributed by atoms with Gasteiger partial charge in [-0.25, -0.2) is 0 Å². The van der Waals surface area contributed by atoms with Crippen LogP contribution in [0.5, 0.6) is 0 Å². The molecule has 1 saturated carbocycles. The highest BCUT2D eigenvalue weighted by Gasteiger charge is 2.52. The van der Waals surface area contributed by atoms with Crippen molar-refractivity contribution in [1.82, 2.24) is 0 Å². The molecule has 1 aliphatic carbocycles. The van der Waals surface area contributed by atoms with Gasteiger partial charge in [0.1, 0.15) is 0 Å². The molecule has 0 bridgehead atoms. The number of hydrogen-bond donors (Lipinski definition) is 1. The van der Waals surface area contributed by atoms with Crippen LogP contribution in [0.25, 0.3) is 0 Å². The number of aliphatic hydroxyl groups is 1. The summed E-state index contributed by atoms with van der Waals surface area (Å²) in [6, 6.07) is 8.30. The summed E-state index contributed by atoms with van der Waals surface area (Å²) >= 11 is 0. The first-order valence-corrected chi connectivity index (χ1v) is 10.5. The Balaban J connectivity index is 2.20. The van der Waals surface area contributed by atoms with E-state index in [1.165, 1.54) is 5.56 Å². The molecule has 0 aromatic heterocycles. The molecule has 0 saturated heterocycles. The maximum Gasteiger partial charge on any atom is 0.193 e. The van der Waals surface area contributed by atoms with Gasteiger partial charge >= 0.3 is 0 Å². The molecule has 0 radical (unpaired) electrons. The third-order valence-electron chi connectivity index (χ3n) is 4.88. The van der Waals surface area contributed by atoms with Crippen LogP contribution < -0.4 is 0 Å².